The highest BCUT2D eigenvalue weighted by Gasteiger charge is 2.20. The van der Waals surface area contributed by atoms with Gasteiger partial charge in [-0.15, -0.1) is 0 Å². The van der Waals surface area contributed by atoms with Gasteiger partial charge >= 0.3 is 6.09 Å². The van der Waals surface area contributed by atoms with Crippen molar-refractivity contribution < 1.29 is 19.0 Å². The summed E-state index contributed by atoms with van der Waals surface area (Å²) in [6, 6.07) is 5.67. The minimum atomic E-state index is -0.538. The molecule has 1 aliphatic rings. The maximum atomic E-state index is 12.0. The van der Waals surface area contributed by atoms with Gasteiger partial charge in [-0.2, -0.15) is 0 Å². The zero-order chi connectivity index (χ0) is 16.2. The summed E-state index contributed by atoms with van der Waals surface area (Å²) in [5.74, 6) is 0.719. The normalized spacial score (nSPS) is 17.9. The molecule has 0 radical (unpaired) electrons. The number of methoxy groups -OCH3 is 1. The van der Waals surface area contributed by atoms with Gasteiger partial charge in [-0.25, -0.2) is 4.79 Å². The van der Waals surface area contributed by atoms with E-state index in [0.29, 0.717) is 12.3 Å². The van der Waals surface area contributed by atoms with Crippen LogP contribution in [0.3, 0.4) is 0 Å². The smallest absolute Gasteiger partial charge is 0.412 e. The zero-order valence-electron chi connectivity index (χ0n) is 13.6. The number of carbonyl (C=O) groups excluding carboxylic acids is 1. The zero-order valence-corrected chi connectivity index (χ0v) is 13.6. The summed E-state index contributed by atoms with van der Waals surface area (Å²) >= 11 is 0. The highest BCUT2D eigenvalue weighted by Crippen LogP contribution is 2.29. The largest absolute Gasteiger partial charge is 0.497 e. The first-order chi connectivity index (χ1) is 10.4. The highest BCUT2D eigenvalue weighted by atomic mass is 16.6. The van der Waals surface area contributed by atoms with E-state index in [0.717, 1.165) is 24.5 Å². The quantitative estimate of drug-likeness (QED) is 0.893. The molecule has 1 aromatic rings. The standard InChI is InChI=1S/C16H24N2O4/c1-16(2,3)22-15(19)18-13-6-5-12(20-4)9-14(13)17-11-7-8-21-10-11/h5-6,9,11,17H,7-8,10H2,1-4H3,(H,18,19). The van der Waals surface area contributed by atoms with Crippen LogP contribution in [-0.4, -0.2) is 38.1 Å². The van der Waals surface area contributed by atoms with Crippen LogP contribution < -0.4 is 15.4 Å². The summed E-state index contributed by atoms with van der Waals surface area (Å²) in [5, 5.41) is 6.15. The SMILES string of the molecule is COc1ccc(NC(=O)OC(C)(C)C)c(NC2CCOC2)c1. The van der Waals surface area contributed by atoms with Crippen molar-refractivity contribution in [3.05, 3.63) is 18.2 Å². The third-order valence-corrected chi connectivity index (χ3v) is 3.15. The molecule has 1 unspecified atom stereocenters. The fraction of sp³-hybridized carbons (Fsp3) is 0.562. The van der Waals surface area contributed by atoms with E-state index in [-0.39, 0.29) is 6.04 Å². The molecule has 0 saturated carbocycles. The van der Waals surface area contributed by atoms with E-state index in [1.54, 1.807) is 19.2 Å². The van der Waals surface area contributed by atoms with Crippen molar-refractivity contribution in [2.45, 2.75) is 38.8 Å². The van der Waals surface area contributed by atoms with Crippen molar-refractivity contribution in [2.75, 3.05) is 31.0 Å². The lowest BCUT2D eigenvalue weighted by molar-refractivity contribution is 0.0636. The first kappa shape index (κ1) is 16.4. The van der Waals surface area contributed by atoms with Crippen LogP contribution >= 0.6 is 0 Å². The molecule has 2 rings (SSSR count). The van der Waals surface area contributed by atoms with Gasteiger partial charge in [0.2, 0.25) is 0 Å². The predicted molar refractivity (Wildman–Crippen MR) is 85.7 cm³/mol. The van der Waals surface area contributed by atoms with Crippen LogP contribution in [0.1, 0.15) is 27.2 Å². The molecule has 6 heteroatoms. The van der Waals surface area contributed by atoms with E-state index in [2.05, 4.69) is 10.6 Å². The average Bonchev–Trinajstić information content (AvgIpc) is 2.91. The van der Waals surface area contributed by atoms with E-state index < -0.39 is 11.7 Å². The van der Waals surface area contributed by atoms with Crippen molar-refractivity contribution in [3.63, 3.8) is 0 Å². The molecule has 0 aromatic heterocycles. The van der Waals surface area contributed by atoms with Crippen molar-refractivity contribution in [2.24, 2.45) is 0 Å². The van der Waals surface area contributed by atoms with E-state index in [9.17, 15) is 4.79 Å². The molecule has 122 valence electrons. The van der Waals surface area contributed by atoms with Crippen molar-refractivity contribution in [3.8, 4) is 5.75 Å². The molecule has 22 heavy (non-hydrogen) atoms. The van der Waals surface area contributed by atoms with E-state index in [1.807, 2.05) is 26.8 Å². The predicted octanol–water partition coefficient (Wildman–Crippen LogP) is 3.24. The Bertz CT molecular complexity index is 519. The Balaban J connectivity index is 2.12. The second-order valence-corrected chi connectivity index (χ2v) is 6.24. The molecular formula is C16H24N2O4. The van der Waals surface area contributed by atoms with Gasteiger partial charge in [0.25, 0.3) is 0 Å². The molecule has 1 aliphatic heterocycles. The molecule has 0 spiro atoms. The van der Waals surface area contributed by atoms with Crippen LogP contribution in [0.4, 0.5) is 16.2 Å². The molecule has 0 aliphatic carbocycles. The molecule has 0 bridgehead atoms. The van der Waals surface area contributed by atoms with Gasteiger partial charge in [-0.1, -0.05) is 0 Å². The van der Waals surface area contributed by atoms with Crippen LogP contribution in [0.2, 0.25) is 0 Å². The monoisotopic (exact) mass is 308 g/mol. The number of rotatable bonds is 4. The summed E-state index contributed by atoms with van der Waals surface area (Å²) in [7, 11) is 1.61. The van der Waals surface area contributed by atoms with Gasteiger partial charge in [0, 0.05) is 12.7 Å². The third kappa shape index (κ3) is 4.80. The van der Waals surface area contributed by atoms with Crippen LogP contribution in [0.5, 0.6) is 5.75 Å². The molecule has 1 amide bonds. The third-order valence-electron chi connectivity index (χ3n) is 3.15. The van der Waals surface area contributed by atoms with Crippen LogP contribution in [0, 0.1) is 0 Å². The number of hydrogen-bond donors (Lipinski definition) is 2. The summed E-state index contributed by atoms with van der Waals surface area (Å²) in [4.78, 5) is 12.0. The Morgan fingerprint density at radius 2 is 2.09 bits per heavy atom. The van der Waals surface area contributed by atoms with E-state index in [4.69, 9.17) is 14.2 Å². The molecule has 2 N–H and O–H groups in total. The lowest BCUT2D eigenvalue weighted by Gasteiger charge is -2.21. The van der Waals surface area contributed by atoms with Gasteiger partial charge in [0.05, 0.1) is 31.1 Å². The fourth-order valence-electron chi connectivity index (χ4n) is 2.16. The Morgan fingerprint density at radius 3 is 2.68 bits per heavy atom. The van der Waals surface area contributed by atoms with E-state index >= 15 is 0 Å². The second kappa shape index (κ2) is 6.87. The molecule has 1 fully saturated rings. The Morgan fingerprint density at radius 1 is 1.32 bits per heavy atom. The molecule has 1 heterocycles. The van der Waals surface area contributed by atoms with Crippen molar-refractivity contribution >= 4 is 17.5 Å². The molecule has 1 saturated heterocycles. The number of carbonyl (C=O) groups is 1. The van der Waals surface area contributed by atoms with Crippen LogP contribution in [0.25, 0.3) is 0 Å². The average molecular weight is 308 g/mol. The summed E-state index contributed by atoms with van der Waals surface area (Å²) in [6.45, 7) is 6.89. The van der Waals surface area contributed by atoms with Crippen molar-refractivity contribution in [1.82, 2.24) is 0 Å². The maximum Gasteiger partial charge on any atom is 0.412 e. The summed E-state index contributed by atoms with van der Waals surface area (Å²) < 4.78 is 15.9. The van der Waals surface area contributed by atoms with Crippen LogP contribution in [-0.2, 0) is 9.47 Å². The van der Waals surface area contributed by atoms with Gasteiger partial charge in [0.15, 0.2) is 0 Å². The minimum absolute atomic E-state index is 0.228. The number of hydrogen-bond acceptors (Lipinski definition) is 5. The second-order valence-electron chi connectivity index (χ2n) is 6.24. The summed E-state index contributed by atoms with van der Waals surface area (Å²) in [5.41, 5.74) is 0.909. The Hall–Kier alpha value is -1.95. The lowest BCUT2D eigenvalue weighted by Crippen LogP contribution is -2.28. The molecular weight excluding hydrogens is 284 g/mol. The fourth-order valence-corrected chi connectivity index (χ4v) is 2.16. The number of ether oxygens (including phenoxy) is 3. The maximum absolute atomic E-state index is 12.0. The number of amides is 1. The minimum Gasteiger partial charge on any atom is -0.497 e. The molecule has 1 atom stereocenters. The van der Waals surface area contributed by atoms with Gasteiger partial charge in [-0.05, 0) is 39.3 Å². The first-order valence-electron chi connectivity index (χ1n) is 7.40. The summed E-state index contributed by atoms with van der Waals surface area (Å²) in [6.07, 6.45) is 0.451. The molecule has 6 nitrogen and oxygen atoms in total. The topological polar surface area (TPSA) is 68.8 Å². The van der Waals surface area contributed by atoms with Gasteiger partial charge in [-0.3, -0.25) is 5.32 Å². The number of nitrogens with one attached hydrogen (secondary N) is 2. The number of anilines is 2. The van der Waals surface area contributed by atoms with E-state index in [1.165, 1.54) is 0 Å². The Kier molecular flexibility index (Phi) is 5.13. The molecule has 1 aromatic carbocycles. The van der Waals surface area contributed by atoms with Gasteiger partial charge in [0.1, 0.15) is 11.4 Å². The Labute approximate surface area is 131 Å². The van der Waals surface area contributed by atoms with Crippen molar-refractivity contribution in [1.29, 1.82) is 0 Å². The number of benzene rings is 1. The highest BCUT2D eigenvalue weighted by molar-refractivity contribution is 5.90. The van der Waals surface area contributed by atoms with Crippen LogP contribution in [0.15, 0.2) is 18.2 Å². The lowest BCUT2D eigenvalue weighted by atomic mass is 10.2. The van der Waals surface area contributed by atoms with Gasteiger partial charge < -0.3 is 19.5 Å². The first-order valence-corrected chi connectivity index (χ1v) is 7.40.